The number of likely N-dealkylation sites (N-methyl/N-ethyl adjacent to an activating group) is 1. The zero-order chi connectivity index (χ0) is 14.6. The Balaban J connectivity index is 2.27. The highest BCUT2D eigenvalue weighted by Crippen LogP contribution is 2.18. The van der Waals surface area contributed by atoms with E-state index in [0.29, 0.717) is 6.04 Å². The number of nitrogens with zero attached hydrogens (tertiary/aromatic N) is 1. The Hall–Kier alpha value is -0.900. The third-order valence-electron chi connectivity index (χ3n) is 3.37. The number of unbranched alkanes of at least 4 members (excludes halogenated alkanes) is 1. The fraction of sp³-hybridized carbons (Fsp3) is 0.647. The van der Waals surface area contributed by atoms with Crippen LogP contribution < -0.4 is 5.32 Å². The topological polar surface area (TPSA) is 24.5 Å². The van der Waals surface area contributed by atoms with Crippen LogP contribution in [0, 0.1) is 0 Å². The molecule has 0 aromatic heterocycles. The van der Waals surface area contributed by atoms with Gasteiger partial charge in [0.25, 0.3) is 0 Å². The molecule has 1 aromatic carbocycles. The van der Waals surface area contributed by atoms with Gasteiger partial charge in [-0.2, -0.15) is 0 Å². The second-order valence-corrected chi connectivity index (χ2v) is 5.48. The molecule has 0 aliphatic heterocycles. The molecule has 1 N–H and O–H groups in total. The summed E-state index contributed by atoms with van der Waals surface area (Å²) in [5.74, 6) is 0. The standard InChI is InChI=1S/C17H30N2O/c1-4-5-11-17(16-9-7-6-8-10-16)18-12-14-20-15-13-19(2)3/h6-10,17-18H,4-5,11-15H2,1-3H3. The summed E-state index contributed by atoms with van der Waals surface area (Å²) in [6.45, 7) is 5.73. The number of ether oxygens (including phenoxy) is 1. The van der Waals surface area contributed by atoms with Gasteiger partial charge in [-0.05, 0) is 26.1 Å². The summed E-state index contributed by atoms with van der Waals surface area (Å²) in [4.78, 5) is 2.14. The Labute approximate surface area is 124 Å². The molecule has 0 radical (unpaired) electrons. The molecule has 3 nitrogen and oxygen atoms in total. The van der Waals surface area contributed by atoms with Crippen LogP contribution >= 0.6 is 0 Å². The van der Waals surface area contributed by atoms with Crippen molar-refractivity contribution in [1.29, 1.82) is 0 Å². The van der Waals surface area contributed by atoms with Gasteiger partial charge in [-0.25, -0.2) is 0 Å². The van der Waals surface area contributed by atoms with Crippen LogP contribution in [-0.4, -0.2) is 45.3 Å². The molecule has 0 heterocycles. The Morgan fingerprint density at radius 1 is 1.15 bits per heavy atom. The monoisotopic (exact) mass is 278 g/mol. The van der Waals surface area contributed by atoms with E-state index in [9.17, 15) is 0 Å². The predicted molar refractivity (Wildman–Crippen MR) is 86.1 cm³/mol. The van der Waals surface area contributed by atoms with Crippen molar-refractivity contribution in [3.05, 3.63) is 35.9 Å². The van der Waals surface area contributed by atoms with E-state index in [-0.39, 0.29) is 0 Å². The second-order valence-electron chi connectivity index (χ2n) is 5.48. The van der Waals surface area contributed by atoms with Crippen LogP contribution in [0.3, 0.4) is 0 Å². The van der Waals surface area contributed by atoms with Crippen LogP contribution in [0.2, 0.25) is 0 Å². The highest BCUT2D eigenvalue weighted by Gasteiger charge is 2.09. The zero-order valence-corrected chi connectivity index (χ0v) is 13.3. The molecule has 114 valence electrons. The molecule has 0 spiro atoms. The molecule has 0 aliphatic rings. The molecule has 3 heteroatoms. The summed E-state index contributed by atoms with van der Waals surface area (Å²) in [6.07, 6.45) is 3.69. The molecular weight excluding hydrogens is 248 g/mol. The maximum atomic E-state index is 5.63. The molecule has 0 bridgehead atoms. The average molecular weight is 278 g/mol. The summed E-state index contributed by atoms with van der Waals surface area (Å²) in [7, 11) is 4.13. The maximum Gasteiger partial charge on any atom is 0.0593 e. The van der Waals surface area contributed by atoms with Gasteiger partial charge in [-0.1, -0.05) is 50.1 Å². The molecule has 0 saturated carbocycles. The molecule has 1 rings (SSSR count). The van der Waals surface area contributed by atoms with Gasteiger partial charge in [-0.3, -0.25) is 0 Å². The van der Waals surface area contributed by atoms with E-state index in [1.54, 1.807) is 0 Å². The largest absolute Gasteiger partial charge is 0.379 e. The lowest BCUT2D eigenvalue weighted by atomic mass is 10.0. The lowest BCUT2D eigenvalue weighted by molar-refractivity contribution is 0.117. The number of hydrogen-bond donors (Lipinski definition) is 1. The van der Waals surface area contributed by atoms with Gasteiger partial charge in [0.05, 0.1) is 13.2 Å². The highest BCUT2D eigenvalue weighted by molar-refractivity contribution is 5.18. The van der Waals surface area contributed by atoms with Crippen molar-refractivity contribution in [1.82, 2.24) is 10.2 Å². The Morgan fingerprint density at radius 2 is 1.90 bits per heavy atom. The Morgan fingerprint density at radius 3 is 2.55 bits per heavy atom. The molecule has 0 saturated heterocycles. The molecular formula is C17H30N2O. The minimum absolute atomic E-state index is 0.452. The smallest absolute Gasteiger partial charge is 0.0593 e. The molecule has 1 aromatic rings. The fourth-order valence-corrected chi connectivity index (χ4v) is 2.13. The predicted octanol–water partition coefficient (Wildman–Crippen LogP) is 3.09. The van der Waals surface area contributed by atoms with Crippen LogP contribution in [0.4, 0.5) is 0 Å². The lowest BCUT2D eigenvalue weighted by Gasteiger charge is -2.19. The first-order valence-electron chi connectivity index (χ1n) is 7.74. The normalized spacial score (nSPS) is 12.8. The van der Waals surface area contributed by atoms with E-state index in [4.69, 9.17) is 4.74 Å². The van der Waals surface area contributed by atoms with Gasteiger partial charge in [0.2, 0.25) is 0 Å². The molecule has 1 atom stereocenters. The summed E-state index contributed by atoms with van der Waals surface area (Å²) in [6, 6.07) is 11.2. The molecule has 0 aliphatic carbocycles. The minimum Gasteiger partial charge on any atom is -0.379 e. The van der Waals surface area contributed by atoms with E-state index in [1.165, 1.54) is 24.8 Å². The first-order chi connectivity index (χ1) is 9.74. The second kappa shape index (κ2) is 10.8. The van der Waals surface area contributed by atoms with Gasteiger partial charge in [0, 0.05) is 19.1 Å². The molecule has 1 unspecified atom stereocenters. The van der Waals surface area contributed by atoms with Gasteiger partial charge in [0.1, 0.15) is 0 Å². The van der Waals surface area contributed by atoms with E-state index >= 15 is 0 Å². The number of benzene rings is 1. The van der Waals surface area contributed by atoms with E-state index in [2.05, 4.69) is 61.6 Å². The van der Waals surface area contributed by atoms with Crippen molar-refractivity contribution in [2.24, 2.45) is 0 Å². The highest BCUT2D eigenvalue weighted by atomic mass is 16.5. The van der Waals surface area contributed by atoms with Gasteiger partial charge < -0.3 is 15.0 Å². The van der Waals surface area contributed by atoms with Gasteiger partial charge >= 0.3 is 0 Å². The van der Waals surface area contributed by atoms with E-state index < -0.39 is 0 Å². The number of nitrogens with one attached hydrogen (secondary N) is 1. The lowest BCUT2D eigenvalue weighted by Crippen LogP contribution is -2.26. The van der Waals surface area contributed by atoms with Crippen LogP contribution in [0.25, 0.3) is 0 Å². The Bertz CT molecular complexity index is 327. The van der Waals surface area contributed by atoms with E-state index in [1.807, 2.05) is 0 Å². The molecule has 0 amide bonds. The van der Waals surface area contributed by atoms with Crippen molar-refractivity contribution < 1.29 is 4.74 Å². The van der Waals surface area contributed by atoms with Crippen molar-refractivity contribution in [2.75, 3.05) is 40.4 Å². The molecule has 20 heavy (non-hydrogen) atoms. The number of rotatable bonds is 11. The zero-order valence-electron chi connectivity index (χ0n) is 13.3. The summed E-state index contributed by atoms with van der Waals surface area (Å²) in [5.41, 5.74) is 1.38. The van der Waals surface area contributed by atoms with Crippen molar-refractivity contribution in [2.45, 2.75) is 32.2 Å². The average Bonchev–Trinajstić information content (AvgIpc) is 2.46. The van der Waals surface area contributed by atoms with Crippen LogP contribution in [0.5, 0.6) is 0 Å². The SMILES string of the molecule is CCCCC(NCCOCCN(C)C)c1ccccc1. The third kappa shape index (κ3) is 7.63. The Kier molecular flexibility index (Phi) is 9.29. The van der Waals surface area contributed by atoms with Crippen LogP contribution in [-0.2, 0) is 4.74 Å². The van der Waals surface area contributed by atoms with E-state index in [0.717, 1.165) is 26.3 Å². The van der Waals surface area contributed by atoms with Crippen molar-refractivity contribution >= 4 is 0 Å². The first kappa shape index (κ1) is 17.2. The first-order valence-corrected chi connectivity index (χ1v) is 7.74. The summed E-state index contributed by atoms with van der Waals surface area (Å²) in [5, 5.41) is 3.62. The number of hydrogen-bond acceptors (Lipinski definition) is 3. The quantitative estimate of drug-likeness (QED) is 0.630. The third-order valence-corrected chi connectivity index (χ3v) is 3.37. The van der Waals surface area contributed by atoms with Crippen molar-refractivity contribution in [3.8, 4) is 0 Å². The van der Waals surface area contributed by atoms with Crippen LogP contribution in [0.1, 0.15) is 37.8 Å². The summed E-state index contributed by atoms with van der Waals surface area (Å²) < 4.78 is 5.63. The molecule has 0 fully saturated rings. The van der Waals surface area contributed by atoms with Crippen molar-refractivity contribution in [3.63, 3.8) is 0 Å². The maximum absolute atomic E-state index is 5.63. The van der Waals surface area contributed by atoms with Gasteiger partial charge in [-0.15, -0.1) is 0 Å². The summed E-state index contributed by atoms with van der Waals surface area (Å²) >= 11 is 0. The fourth-order valence-electron chi connectivity index (χ4n) is 2.13. The minimum atomic E-state index is 0.452. The van der Waals surface area contributed by atoms with Gasteiger partial charge in [0.15, 0.2) is 0 Å². The van der Waals surface area contributed by atoms with Crippen LogP contribution in [0.15, 0.2) is 30.3 Å².